The molecule has 0 spiro atoms. The van der Waals surface area contributed by atoms with Crippen LogP contribution in [0.3, 0.4) is 0 Å². The van der Waals surface area contributed by atoms with E-state index < -0.39 is 40.1 Å². The number of fused-ring (bicyclic) bond motifs is 1. The molecule has 2 heterocycles. The molecule has 2 aromatic heterocycles. The van der Waals surface area contributed by atoms with Gasteiger partial charge in [0.25, 0.3) is 11.5 Å². The van der Waals surface area contributed by atoms with Crippen LogP contribution in [0.25, 0.3) is 10.8 Å². The van der Waals surface area contributed by atoms with E-state index in [2.05, 4.69) is 9.97 Å². The number of carbonyl (C=O) groups is 1. The first kappa shape index (κ1) is 17.5. The number of H-pyrrole nitrogens is 2. The van der Waals surface area contributed by atoms with E-state index in [0.29, 0.717) is 5.56 Å². The van der Waals surface area contributed by atoms with Gasteiger partial charge >= 0.3 is 0 Å². The lowest BCUT2D eigenvalue weighted by Crippen LogP contribution is -2.32. The molecule has 0 fully saturated rings. The molecule has 1 atom stereocenters. The molecule has 0 saturated heterocycles. The molecule has 1 aromatic carbocycles. The van der Waals surface area contributed by atoms with Crippen molar-refractivity contribution in [2.24, 2.45) is 0 Å². The van der Waals surface area contributed by atoms with Gasteiger partial charge in [0.2, 0.25) is 5.56 Å². The predicted octanol–water partition coefficient (Wildman–Crippen LogP) is 2.33. The molecule has 0 bridgehead atoms. The predicted molar refractivity (Wildman–Crippen MR) is 92.1 cm³/mol. The molecule has 8 heteroatoms. The molecule has 0 saturated carbocycles. The summed E-state index contributed by atoms with van der Waals surface area (Å²) in [5, 5.41) is -0.190. The summed E-state index contributed by atoms with van der Waals surface area (Å²) in [6.45, 7) is 1.67. The van der Waals surface area contributed by atoms with Crippen LogP contribution in [-0.4, -0.2) is 27.8 Å². The third kappa shape index (κ3) is 2.90. The number of pyridine rings is 2. The van der Waals surface area contributed by atoms with Crippen molar-refractivity contribution < 1.29 is 13.6 Å². The van der Waals surface area contributed by atoms with Crippen molar-refractivity contribution in [3.05, 3.63) is 80.1 Å². The van der Waals surface area contributed by atoms with E-state index in [4.69, 9.17) is 0 Å². The summed E-state index contributed by atoms with van der Waals surface area (Å²) in [5.41, 5.74) is -0.635. The first-order valence-corrected chi connectivity index (χ1v) is 7.77. The molecule has 0 aliphatic heterocycles. The van der Waals surface area contributed by atoms with Gasteiger partial charge in [-0.25, -0.2) is 8.78 Å². The minimum absolute atomic E-state index is 0.0952. The number of hydrogen-bond donors (Lipinski definition) is 2. The number of benzene rings is 1. The lowest BCUT2D eigenvalue weighted by Gasteiger charge is -2.26. The van der Waals surface area contributed by atoms with Crippen molar-refractivity contribution in [3.8, 4) is 0 Å². The third-order valence-electron chi connectivity index (χ3n) is 4.34. The van der Waals surface area contributed by atoms with E-state index in [1.807, 2.05) is 0 Å². The molecule has 1 amide bonds. The van der Waals surface area contributed by atoms with Gasteiger partial charge in [-0.05, 0) is 30.0 Å². The summed E-state index contributed by atoms with van der Waals surface area (Å²) in [5.74, 6) is -2.82. The van der Waals surface area contributed by atoms with Crippen LogP contribution in [0.15, 0.2) is 46.1 Å². The number of halogens is 2. The highest BCUT2D eigenvalue weighted by Crippen LogP contribution is 2.27. The number of aromatic amines is 2. The Bertz CT molecular complexity index is 1120. The highest BCUT2D eigenvalue weighted by atomic mass is 19.2. The van der Waals surface area contributed by atoms with E-state index in [1.54, 1.807) is 6.92 Å². The first-order chi connectivity index (χ1) is 12.3. The lowest BCUT2D eigenvalue weighted by atomic mass is 10.0. The van der Waals surface area contributed by atoms with Crippen molar-refractivity contribution in [2.45, 2.75) is 13.0 Å². The van der Waals surface area contributed by atoms with E-state index in [0.717, 1.165) is 6.07 Å². The van der Waals surface area contributed by atoms with E-state index in [-0.39, 0.29) is 11.1 Å². The molecule has 3 rings (SSSR count). The summed E-state index contributed by atoms with van der Waals surface area (Å²) in [6, 6.07) is 5.86. The second kappa shape index (κ2) is 6.55. The number of aromatic nitrogens is 2. The molecule has 0 aliphatic carbocycles. The number of nitrogens with zero attached hydrogens (tertiary/aromatic N) is 1. The lowest BCUT2D eigenvalue weighted by molar-refractivity contribution is 0.0737. The van der Waals surface area contributed by atoms with Crippen molar-refractivity contribution in [3.63, 3.8) is 0 Å². The normalized spacial score (nSPS) is 12.2. The topological polar surface area (TPSA) is 86.0 Å². The Hall–Kier alpha value is -3.29. The standard InChI is InChI=1S/C18H15F2N3O3/c1-9(23(2)18(26)13-4-3-5-14(24)22-13)11-8-21-17(25)15-10(11)6-7-12(19)16(15)20/h3-9H,1-2H3,(H,21,25)(H,22,24). The fourth-order valence-corrected chi connectivity index (χ4v) is 2.80. The SMILES string of the molecule is CC(c1c[nH]c(=O)c2c(F)c(F)ccc12)N(C)C(=O)c1cccc(=O)[nH]1. The van der Waals surface area contributed by atoms with Gasteiger partial charge in [0.15, 0.2) is 11.6 Å². The molecular weight excluding hydrogens is 344 g/mol. The quantitative estimate of drug-likeness (QED) is 0.753. The fraction of sp³-hybridized carbons (Fsp3) is 0.167. The summed E-state index contributed by atoms with van der Waals surface area (Å²) in [6.07, 6.45) is 1.37. The number of nitrogens with one attached hydrogen (secondary N) is 2. The van der Waals surface area contributed by atoms with Crippen LogP contribution in [0.1, 0.15) is 29.0 Å². The summed E-state index contributed by atoms with van der Waals surface area (Å²) >= 11 is 0. The van der Waals surface area contributed by atoms with Crippen LogP contribution in [-0.2, 0) is 0 Å². The zero-order valence-corrected chi connectivity index (χ0v) is 14.0. The van der Waals surface area contributed by atoms with E-state index in [9.17, 15) is 23.2 Å². The number of amides is 1. The highest BCUT2D eigenvalue weighted by Gasteiger charge is 2.23. The monoisotopic (exact) mass is 359 g/mol. The largest absolute Gasteiger partial charge is 0.334 e. The maximum Gasteiger partial charge on any atom is 0.270 e. The van der Waals surface area contributed by atoms with Crippen LogP contribution >= 0.6 is 0 Å². The Morgan fingerprint density at radius 3 is 2.58 bits per heavy atom. The van der Waals surface area contributed by atoms with Crippen LogP contribution in [0.2, 0.25) is 0 Å². The van der Waals surface area contributed by atoms with Gasteiger partial charge < -0.3 is 14.9 Å². The molecule has 0 aliphatic rings. The molecule has 0 radical (unpaired) electrons. The number of hydrogen-bond acceptors (Lipinski definition) is 3. The zero-order chi connectivity index (χ0) is 19.0. The number of carbonyl (C=O) groups excluding carboxylic acids is 1. The van der Waals surface area contributed by atoms with Crippen LogP contribution < -0.4 is 11.1 Å². The summed E-state index contributed by atoms with van der Waals surface area (Å²) < 4.78 is 27.5. The Labute approximate surface area is 146 Å². The van der Waals surface area contributed by atoms with Gasteiger partial charge in [0, 0.05) is 19.3 Å². The van der Waals surface area contributed by atoms with Gasteiger partial charge in [-0.15, -0.1) is 0 Å². The van der Waals surface area contributed by atoms with E-state index in [1.165, 1.54) is 42.4 Å². The Morgan fingerprint density at radius 1 is 1.15 bits per heavy atom. The second-order valence-electron chi connectivity index (χ2n) is 5.88. The highest BCUT2D eigenvalue weighted by molar-refractivity contribution is 5.93. The minimum Gasteiger partial charge on any atom is -0.334 e. The maximum absolute atomic E-state index is 14.1. The van der Waals surface area contributed by atoms with Crippen molar-refractivity contribution in [1.29, 1.82) is 0 Å². The molecule has 2 N–H and O–H groups in total. The van der Waals surface area contributed by atoms with Gasteiger partial charge in [0.05, 0.1) is 11.4 Å². The van der Waals surface area contributed by atoms with Gasteiger partial charge in [-0.2, -0.15) is 0 Å². The molecule has 3 aromatic rings. The molecule has 26 heavy (non-hydrogen) atoms. The van der Waals surface area contributed by atoms with Gasteiger partial charge in [0.1, 0.15) is 5.69 Å². The smallest absolute Gasteiger partial charge is 0.270 e. The van der Waals surface area contributed by atoms with Crippen molar-refractivity contribution >= 4 is 16.7 Å². The Kier molecular flexibility index (Phi) is 4.41. The third-order valence-corrected chi connectivity index (χ3v) is 4.34. The molecule has 6 nitrogen and oxygen atoms in total. The molecule has 134 valence electrons. The van der Waals surface area contributed by atoms with Crippen LogP contribution in [0.4, 0.5) is 8.78 Å². The molecular formula is C18H15F2N3O3. The second-order valence-corrected chi connectivity index (χ2v) is 5.88. The van der Waals surface area contributed by atoms with Crippen LogP contribution in [0.5, 0.6) is 0 Å². The minimum atomic E-state index is -1.24. The summed E-state index contributed by atoms with van der Waals surface area (Å²) in [4.78, 5) is 42.0. The molecule has 1 unspecified atom stereocenters. The average Bonchev–Trinajstić information content (AvgIpc) is 2.63. The van der Waals surface area contributed by atoms with Crippen molar-refractivity contribution in [2.75, 3.05) is 7.05 Å². The first-order valence-electron chi connectivity index (χ1n) is 7.77. The number of rotatable bonds is 3. The Balaban J connectivity index is 2.07. The van der Waals surface area contributed by atoms with E-state index >= 15 is 0 Å². The van der Waals surface area contributed by atoms with Crippen LogP contribution in [0, 0.1) is 11.6 Å². The van der Waals surface area contributed by atoms with Crippen molar-refractivity contribution in [1.82, 2.24) is 14.9 Å². The summed E-state index contributed by atoms with van der Waals surface area (Å²) in [7, 11) is 1.51. The average molecular weight is 359 g/mol. The van der Waals surface area contributed by atoms with Gasteiger partial charge in [-0.3, -0.25) is 14.4 Å². The van der Waals surface area contributed by atoms with Gasteiger partial charge in [-0.1, -0.05) is 12.1 Å². The zero-order valence-electron chi connectivity index (χ0n) is 14.0. The fourth-order valence-electron chi connectivity index (χ4n) is 2.80. The maximum atomic E-state index is 14.1. The Morgan fingerprint density at radius 2 is 1.88 bits per heavy atom.